The lowest BCUT2D eigenvalue weighted by molar-refractivity contribution is 0.0698. The molecule has 2 N–H and O–H groups in total. The van der Waals surface area contributed by atoms with E-state index in [0.717, 1.165) is 10.9 Å². The minimum atomic E-state index is -1.10. The summed E-state index contributed by atoms with van der Waals surface area (Å²) in [6, 6.07) is 5.69. The number of nitrogens with one attached hydrogen (secondary N) is 1. The van der Waals surface area contributed by atoms with E-state index in [9.17, 15) is 14.0 Å². The Balaban J connectivity index is 2.28. The third-order valence-corrected chi connectivity index (χ3v) is 4.22. The van der Waals surface area contributed by atoms with Crippen LogP contribution in [0.25, 0.3) is 0 Å². The fourth-order valence-electron chi connectivity index (χ4n) is 1.78. The van der Waals surface area contributed by atoms with E-state index in [1.807, 2.05) is 6.92 Å². The van der Waals surface area contributed by atoms with Crippen LogP contribution in [0, 0.1) is 12.7 Å². The maximum Gasteiger partial charge on any atom is 0.338 e. The van der Waals surface area contributed by atoms with Gasteiger partial charge in [-0.1, -0.05) is 13.0 Å². The molecule has 4 nitrogen and oxygen atoms in total. The van der Waals surface area contributed by atoms with E-state index < -0.39 is 17.7 Å². The first-order valence-electron chi connectivity index (χ1n) is 6.36. The van der Waals surface area contributed by atoms with Gasteiger partial charge in [-0.3, -0.25) is 4.79 Å². The summed E-state index contributed by atoms with van der Waals surface area (Å²) in [6.45, 7) is 3.50. The van der Waals surface area contributed by atoms with Gasteiger partial charge < -0.3 is 10.4 Å². The van der Waals surface area contributed by atoms with Gasteiger partial charge in [0, 0.05) is 10.4 Å². The molecule has 0 saturated heterocycles. The molecule has 1 aromatic heterocycles. The minimum Gasteiger partial charge on any atom is -0.478 e. The van der Waals surface area contributed by atoms with Crippen molar-refractivity contribution in [1.82, 2.24) is 0 Å². The molecule has 6 heteroatoms. The maximum absolute atomic E-state index is 13.5. The summed E-state index contributed by atoms with van der Waals surface area (Å²) in [4.78, 5) is 24.1. The highest BCUT2D eigenvalue weighted by molar-refractivity contribution is 7.16. The van der Waals surface area contributed by atoms with Gasteiger partial charge in [0.2, 0.25) is 0 Å². The molecule has 0 bridgehead atoms. The van der Waals surface area contributed by atoms with Gasteiger partial charge in [0.05, 0.1) is 5.56 Å². The molecule has 1 aromatic carbocycles. The van der Waals surface area contributed by atoms with Gasteiger partial charge in [-0.25, -0.2) is 9.18 Å². The second kappa shape index (κ2) is 6.05. The molecule has 21 heavy (non-hydrogen) atoms. The van der Waals surface area contributed by atoms with Crippen molar-refractivity contribution in [3.63, 3.8) is 0 Å². The molecule has 0 aliphatic heterocycles. The van der Waals surface area contributed by atoms with Gasteiger partial charge in [0.25, 0.3) is 5.91 Å². The quantitative estimate of drug-likeness (QED) is 0.905. The Bertz CT molecular complexity index is 709. The number of carbonyl (C=O) groups excluding carboxylic acids is 1. The van der Waals surface area contributed by atoms with Gasteiger partial charge in [0.1, 0.15) is 10.8 Å². The Labute approximate surface area is 125 Å². The molecular weight excluding hydrogens is 293 g/mol. The minimum absolute atomic E-state index is 0.0535. The van der Waals surface area contributed by atoms with Gasteiger partial charge >= 0.3 is 5.97 Å². The number of carboxylic acids is 1. The second-order valence-electron chi connectivity index (χ2n) is 4.53. The van der Waals surface area contributed by atoms with Crippen LogP contribution >= 0.6 is 11.3 Å². The molecule has 1 amide bonds. The van der Waals surface area contributed by atoms with Crippen LogP contribution in [-0.2, 0) is 6.42 Å². The molecule has 0 atom stereocenters. The highest BCUT2D eigenvalue weighted by Crippen LogP contribution is 2.29. The Morgan fingerprint density at radius 3 is 2.62 bits per heavy atom. The van der Waals surface area contributed by atoms with Crippen molar-refractivity contribution in [3.05, 3.63) is 51.7 Å². The van der Waals surface area contributed by atoms with E-state index in [2.05, 4.69) is 5.32 Å². The normalized spacial score (nSPS) is 10.4. The number of amides is 1. The average molecular weight is 307 g/mol. The van der Waals surface area contributed by atoms with E-state index in [1.165, 1.54) is 23.5 Å². The van der Waals surface area contributed by atoms with Crippen molar-refractivity contribution in [2.75, 3.05) is 5.32 Å². The fourth-order valence-corrected chi connectivity index (χ4v) is 2.76. The predicted molar refractivity (Wildman–Crippen MR) is 79.7 cm³/mol. The molecule has 0 aliphatic carbocycles. The number of carboxylic acid groups (broad SMARTS) is 1. The maximum atomic E-state index is 13.5. The molecule has 0 aliphatic rings. The number of hydrogen-bond donors (Lipinski definition) is 2. The zero-order valence-corrected chi connectivity index (χ0v) is 12.4. The summed E-state index contributed by atoms with van der Waals surface area (Å²) >= 11 is 1.21. The molecule has 110 valence electrons. The Kier molecular flexibility index (Phi) is 4.37. The zero-order chi connectivity index (χ0) is 15.6. The summed E-state index contributed by atoms with van der Waals surface area (Å²) in [5.41, 5.74) is 0.654. The summed E-state index contributed by atoms with van der Waals surface area (Å²) < 4.78 is 13.5. The number of thiophene rings is 1. The number of carbonyl (C=O) groups is 2. The van der Waals surface area contributed by atoms with Crippen molar-refractivity contribution in [2.24, 2.45) is 0 Å². The van der Waals surface area contributed by atoms with Crippen LogP contribution in [-0.4, -0.2) is 17.0 Å². The van der Waals surface area contributed by atoms with Crippen LogP contribution in [0.5, 0.6) is 0 Å². The van der Waals surface area contributed by atoms with E-state index in [4.69, 9.17) is 5.11 Å². The number of aryl methyl sites for hydroxylation is 2. The third kappa shape index (κ3) is 3.28. The van der Waals surface area contributed by atoms with Crippen molar-refractivity contribution in [2.45, 2.75) is 20.3 Å². The lowest BCUT2D eigenvalue weighted by Crippen LogP contribution is -2.13. The highest BCUT2D eigenvalue weighted by atomic mass is 32.1. The van der Waals surface area contributed by atoms with Gasteiger partial charge in [-0.05, 0) is 37.1 Å². The topological polar surface area (TPSA) is 66.4 Å². The van der Waals surface area contributed by atoms with Gasteiger partial charge in [-0.2, -0.15) is 0 Å². The Morgan fingerprint density at radius 2 is 2.05 bits per heavy atom. The lowest BCUT2D eigenvalue weighted by atomic mass is 10.1. The van der Waals surface area contributed by atoms with Crippen LogP contribution in [0.15, 0.2) is 24.3 Å². The summed E-state index contributed by atoms with van der Waals surface area (Å²) in [6.07, 6.45) is 0.681. The smallest absolute Gasteiger partial charge is 0.338 e. The SMILES string of the molecule is CCc1cc(C(=O)O)c(NC(=O)c2ccc(C)c(F)c2)s1. The van der Waals surface area contributed by atoms with Crippen molar-refractivity contribution < 1.29 is 19.1 Å². The first-order valence-corrected chi connectivity index (χ1v) is 7.17. The molecule has 0 unspecified atom stereocenters. The van der Waals surface area contributed by atoms with E-state index in [1.54, 1.807) is 13.0 Å². The van der Waals surface area contributed by atoms with Crippen LogP contribution < -0.4 is 5.32 Å². The molecular formula is C15H14FNO3S. The standard InChI is InChI=1S/C15H14FNO3S/c1-3-10-7-11(15(19)20)14(21-10)17-13(18)9-5-4-8(2)12(16)6-9/h4-7H,3H2,1-2H3,(H,17,18)(H,19,20). The molecule has 2 rings (SSSR count). The van der Waals surface area contributed by atoms with E-state index in [0.29, 0.717) is 12.0 Å². The van der Waals surface area contributed by atoms with Crippen LogP contribution in [0.2, 0.25) is 0 Å². The number of anilines is 1. The number of aromatic carboxylic acids is 1. The lowest BCUT2D eigenvalue weighted by Gasteiger charge is -2.05. The summed E-state index contributed by atoms with van der Waals surface area (Å²) in [7, 11) is 0. The van der Waals surface area contributed by atoms with Crippen molar-refractivity contribution >= 4 is 28.2 Å². The van der Waals surface area contributed by atoms with Crippen LogP contribution in [0.4, 0.5) is 9.39 Å². The van der Waals surface area contributed by atoms with Crippen LogP contribution in [0.3, 0.4) is 0 Å². The van der Waals surface area contributed by atoms with Crippen molar-refractivity contribution in [3.8, 4) is 0 Å². The molecule has 0 spiro atoms. The number of rotatable bonds is 4. The molecule has 0 fully saturated rings. The summed E-state index contributed by atoms with van der Waals surface area (Å²) in [5.74, 6) is -2.10. The molecule has 1 heterocycles. The Morgan fingerprint density at radius 1 is 1.33 bits per heavy atom. The zero-order valence-electron chi connectivity index (χ0n) is 11.6. The first kappa shape index (κ1) is 15.2. The first-order chi connectivity index (χ1) is 9.92. The average Bonchev–Trinajstić information content (AvgIpc) is 2.85. The Hall–Kier alpha value is -2.21. The number of hydrogen-bond acceptors (Lipinski definition) is 3. The third-order valence-electron chi connectivity index (χ3n) is 3.02. The van der Waals surface area contributed by atoms with Crippen LogP contribution in [0.1, 0.15) is 38.1 Å². The largest absolute Gasteiger partial charge is 0.478 e. The molecule has 0 radical (unpaired) electrons. The molecule has 0 saturated carbocycles. The monoisotopic (exact) mass is 307 g/mol. The highest BCUT2D eigenvalue weighted by Gasteiger charge is 2.17. The fraction of sp³-hybridized carbons (Fsp3) is 0.200. The number of benzene rings is 1. The second-order valence-corrected chi connectivity index (χ2v) is 5.67. The predicted octanol–water partition coefficient (Wildman–Crippen LogP) is 3.71. The van der Waals surface area contributed by atoms with Crippen molar-refractivity contribution in [1.29, 1.82) is 0 Å². The van der Waals surface area contributed by atoms with Gasteiger partial charge in [-0.15, -0.1) is 11.3 Å². The van der Waals surface area contributed by atoms with E-state index in [-0.39, 0.29) is 16.1 Å². The van der Waals surface area contributed by atoms with Gasteiger partial charge in [0.15, 0.2) is 0 Å². The summed E-state index contributed by atoms with van der Waals surface area (Å²) in [5, 5.41) is 11.9. The molecule has 2 aromatic rings. The number of halogens is 1. The van der Waals surface area contributed by atoms with E-state index >= 15 is 0 Å².